The molecule has 1 aliphatic rings. The van der Waals surface area contributed by atoms with Crippen LogP contribution in [-0.2, 0) is 6.54 Å². The first-order valence-corrected chi connectivity index (χ1v) is 8.41. The summed E-state index contributed by atoms with van der Waals surface area (Å²) < 4.78 is 0. The molecule has 0 radical (unpaired) electrons. The van der Waals surface area contributed by atoms with E-state index < -0.39 is 0 Å². The first-order valence-electron chi connectivity index (χ1n) is 8.41. The molecule has 0 bridgehead atoms. The van der Waals surface area contributed by atoms with Crippen LogP contribution in [0.1, 0.15) is 30.3 Å². The summed E-state index contributed by atoms with van der Waals surface area (Å²) in [5.74, 6) is 1.19. The molecule has 3 aromatic rings. The van der Waals surface area contributed by atoms with E-state index in [2.05, 4.69) is 25.9 Å². The van der Waals surface area contributed by atoms with Gasteiger partial charge in [0.05, 0.1) is 17.4 Å². The van der Waals surface area contributed by atoms with Crippen molar-refractivity contribution >= 4 is 10.9 Å². The van der Waals surface area contributed by atoms with Crippen molar-refractivity contribution in [1.29, 1.82) is 0 Å². The van der Waals surface area contributed by atoms with Crippen LogP contribution in [0.3, 0.4) is 0 Å². The third-order valence-electron chi connectivity index (χ3n) is 4.65. The van der Waals surface area contributed by atoms with Gasteiger partial charge in [0.2, 0.25) is 0 Å². The van der Waals surface area contributed by atoms with Crippen molar-refractivity contribution in [2.24, 2.45) is 0 Å². The van der Waals surface area contributed by atoms with Crippen LogP contribution in [0.15, 0.2) is 53.5 Å². The van der Waals surface area contributed by atoms with E-state index >= 15 is 0 Å². The maximum Gasteiger partial charge on any atom is 0.258 e. The number of likely N-dealkylation sites (tertiary alicyclic amines) is 1. The van der Waals surface area contributed by atoms with Gasteiger partial charge in [-0.2, -0.15) is 0 Å². The molecular weight excluding hydrogens is 300 g/mol. The quantitative estimate of drug-likeness (QED) is 0.806. The topological polar surface area (TPSA) is 61.9 Å². The van der Waals surface area contributed by atoms with Gasteiger partial charge in [-0.25, -0.2) is 4.98 Å². The highest BCUT2D eigenvalue weighted by atomic mass is 16.1. The van der Waals surface area contributed by atoms with Crippen LogP contribution in [0.2, 0.25) is 0 Å². The third-order valence-corrected chi connectivity index (χ3v) is 4.65. The Kier molecular flexibility index (Phi) is 4.09. The minimum atomic E-state index is -0.0612. The van der Waals surface area contributed by atoms with Gasteiger partial charge in [-0.15, -0.1) is 0 Å². The second-order valence-electron chi connectivity index (χ2n) is 6.36. The average Bonchev–Trinajstić information content (AvgIpc) is 2.63. The molecule has 4 rings (SSSR count). The molecule has 1 unspecified atom stereocenters. The predicted molar refractivity (Wildman–Crippen MR) is 93.9 cm³/mol. The zero-order valence-corrected chi connectivity index (χ0v) is 13.5. The largest absolute Gasteiger partial charge is 0.309 e. The summed E-state index contributed by atoms with van der Waals surface area (Å²) in [6.07, 6.45) is 4.16. The van der Waals surface area contributed by atoms with Crippen molar-refractivity contribution in [3.8, 4) is 0 Å². The molecule has 5 heteroatoms. The molecule has 1 atom stereocenters. The van der Waals surface area contributed by atoms with Crippen molar-refractivity contribution in [3.05, 3.63) is 70.5 Å². The Hall–Kier alpha value is -2.53. The molecule has 24 heavy (non-hydrogen) atoms. The zero-order valence-electron chi connectivity index (χ0n) is 13.5. The molecule has 0 aliphatic carbocycles. The molecular formula is C19H20N4O. The fourth-order valence-corrected chi connectivity index (χ4v) is 3.48. The third kappa shape index (κ3) is 3.08. The van der Waals surface area contributed by atoms with Crippen LogP contribution in [0.4, 0.5) is 0 Å². The fourth-order valence-electron chi connectivity index (χ4n) is 3.48. The number of hydrogen-bond acceptors (Lipinski definition) is 4. The molecule has 1 N–H and O–H groups in total. The monoisotopic (exact) mass is 320 g/mol. The van der Waals surface area contributed by atoms with Crippen LogP contribution in [0.25, 0.3) is 10.9 Å². The lowest BCUT2D eigenvalue weighted by molar-refractivity contribution is 0.194. The van der Waals surface area contributed by atoms with E-state index in [0.29, 0.717) is 17.8 Å². The molecule has 1 saturated heterocycles. The summed E-state index contributed by atoms with van der Waals surface area (Å²) in [5, 5.41) is 0.645. The number of nitrogens with zero attached hydrogens (tertiary/aromatic N) is 3. The van der Waals surface area contributed by atoms with Crippen molar-refractivity contribution < 1.29 is 0 Å². The molecule has 122 valence electrons. The molecule has 1 aromatic carbocycles. The highest BCUT2D eigenvalue weighted by molar-refractivity contribution is 5.77. The molecule has 5 nitrogen and oxygen atoms in total. The van der Waals surface area contributed by atoms with E-state index in [-0.39, 0.29) is 5.56 Å². The molecule has 0 saturated carbocycles. The molecule has 3 heterocycles. The van der Waals surface area contributed by atoms with Gasteiger partial charge in [-0.1, -0.05) is 18.2 Å². The van der Waals surface area contributed by atoms with E-state index in [4.69, 9.17) is 0 Å². The second kappa shape index (κ2) is 6.53. The van der Waals surface area contributed by atoms with Crippen molar-refractivity contribution in [3.63, 3.8) is 0 Å². The Morgan fingerprint density at radius 2 is 2.04 bits per heavy atom. The number of pyridine rings is 1. The highest BCUT2D eigenvalue weighted by Gasteiger charge is 2.22. The number of para-hydroxylation sites is 1. The number of fused-ring (bicyclic) bond motifs is 1. The van der Waals surface area contributed by atoms with Gasteiger partial charge >= 0.3 is 0 Å². The molecule has 1 fully saturated rings. The number of hydrogen-bond donors (Lipinski definition) is 1. The van der Waals surface area contributed by atoms with Gasteiger partial charge in [0.25, 0.3) is 5.56 Å². The Balaban J connectivity index is 1.54. The zero-order chi connectivity index (χ0) is 16.4. The molecule has 2 aromatic heterocycles. The first kappa shape index (κ1) is 15.0. The van der Waals surface area contributed by atoms with E-state index in [1.807, 2.05) is 42.6 Å². The maximum absolute atomic E-state index is 12.2. The Labute approximate surface area is 140 Å². The average molecular weight is 320 g/mol. The minimum absolute atomic E-state index is 0.0612. The number of benzene rings is 1. The lowest BCUT2D eigenvalue weighted by Gasteiger charge is -2.32. The number of rotatable bonds is 3. The minimum Gasteiger partial charge on any atom is -0.309 e. The van der Waals surface area contributed by atoms with E-state index in [0.717, 1.165) is 43.0 Å². The lowest BCUT2D eigenvalue weighted by Crippen LogP contribution is -2.35. The van der Waals surface area contributed by atoms with Gasteiger partial charge < -0.3 is 4.98 Å². The van der Waals surface area contributed by atoms with Crippen LogP contribution in [0.5, 0.6) is 0 Å². The van der Waals surface area contributed by atoms with Crippen molar-refractivity contribution in [2.45, 2.75) is 25.3 Å². The molecule has 0 amide bonds. The summed E-state index contributed by atoms with van der Waals surface area (Å²) >= 11 is 0. The lowest BCUT2D eigenvalue weighted by atomic mass is 9.94. The number of aromatic amines is 1. The Morgan fingerprint density at radius 3 is 2.92 bits per heavy atom. The maximum atomic E-state index is 12.2. The van der Waals surface area contributed by atoms with Crippen molar-refractivity contribution in [2.75, 3.05) is 13.1 Å². The van der Waals surface area contributed by atoms with Crippen molar-refractivity contribution in [1.82, 2.24) is 19.9 Å². The van der Waals surface area contributed by atoms with Gasteiger partial charge in [0.15, 0.2) is 0 Å². The number of piperidine rings is 1. The van der Waals surface area contributed by atoms with E-state index in [1.165, 1.54) is 0 Å². The summed E-state index contributed by atoms with van der Waals surface area (Å²) in [5.41, 5.74) is 1.85. The first-order chi connectivity index (χ1) is 11.8. The molecule has 1 aliphatic heterocycles. The Bertz CT molecular complexity index is 891. The Morgan fingerprint density at radius 1 is 1.17 bits per heavy atom. The van der Waals surface area contributed by atoms with Gasteiger partial charge in [0, 0.05) is 24.4 Å². The number of aromatic nitrogens is 3. The smallest absolute Gasteiger partial charge is 0.258 e. The number of H-pyrrole nitrogens is 1. The summed E-state index contributed by atoms with van der Waals surface area (Å²) in [4.78, 5) is 26.6. The van der Waals surface area contributed by atoms with Crippen LogP contribution in [-0.4, -0.2) is 32.9 Å². The van der Waals surface area contributed by atoms with Gasteiger partial charge in [0.1, 0.15) is 5.82 Å². The van der Waals surface area contributed by atoms with Gasteiger partial charge in [-0.05, 0) is 43.7 Å². The van der Waals surface area contributed by atoms with Crippen LogP contribution >= 0.6 is 0 Å². The highest BCUT2D eigenvalue weighted by Crippen LogP contribution is 2.25. The summed E-state index contributed by atoms with van der Waals surface area (Å²) in [6.45, 7) is 2.65. The van der Waals surface area contributed by atoms with E-state index in [1.54, 1.807) is 0 Å². The number of nitrogens with one attached hydrogen (secondary N) is 1. The molecule has 0 spiro atoms. The van der Waals surface area contributed by atoms with E-state index in [9.17, 15) is 4.79 Å². The van der Waals surface area contributed by atoms with Gasteiger partial charge in [-0.3, -0.25) is 14.7 Å². The normalized spacial score (nSPS) is 18.8. The second-order valence-corrected chi connectivity index (χ2v) is 6.36. The summed E-state index contributed by atoms with van der Waals surface area (Å²) in [7, 11) is 0. The standard InChI is InChI=1S/C19H20N4O/c24-19-15-7-1-2-9-17(15)21-18(22-19)13-23-11-5-6-14(12-23)16-8-3-4-10-20-16/h1-4,7-10,14H,5-6,11-13H2,(H,21,22,24). The van der Waals surface area contributed by atoms with Crippen LogP contribution in [0, 0.1) is 0 Å². The predicted octanol–water partition coefficient (Wildman–Crippen LogP) is 2.70. The SMILES string of the molecule is O=c1[nH]c(CN2CCCC(c3ccccn3)C2)nc2ccccc12. The van der Waals surface area contributed by atoms with Crippen LogP contribution < -0.4 is 5.56 Å². The summed E-state index contributed by atoms with van der Waals surface area (Å²) in [6, 6.07) is 13.6. The fraction of sp³-hybridized carbons (Fsp3) is 0.316.